The highest BCUT2D eigenvalue weighted by Crippen LogP contribution is 2.38. The van der Waals surface area contributed by atoms with Crippen molar-refractivity contribution in [1.82, 2.24) is 9.80 Å². The molecule has 1 aliphatic carbocycles. The van der Waals surface area contributed by atoms with Gasteiger partial charge < -0.3 is 14.2 Å². The Bertz CT molecular complexity index is 559. The molecule has 2 saturated heterocycles. The number of methoxy groups -OCH3 is 1. The Kier molecular flexibility index (Phi) is 6.66. The van der Waals surface area contributed by atoms with Crippen LogP contribution < -0.4 is 4.74 Å². The van der Waals surface area contributed by atoms with Crippen LogP contribution in [0.4, 0.5) is 0 Å². The third kappa shape index (κ3) is 4.83. The fourth-order valence-corrected chi connectivity index (χ4v) is 5.30. The van der Waals surface area contributed by atoms with Gasteiger partial charge in [-0.25, -0.2) is 0 Å². The van der Waals surface area contributed by atoms with Gasteiger partial charge in [-0.15, -0.1) is 0 Å². The second-order valence-corrected chi connectivity index (χ2v) is 8.27. The van der Waals surface area contributed by atoms with Gasteiger partial charge in [-0.1, -0.05) is 18.6 Å². The second kappa shape index (κ2) is 9.37. The maximum atomic E-state index is 5.68. The first-order valence-electron chi connectivity index (χ1n) is 10.6. The molecule has 1 saturated carbocycles. The van der Waals surface area contributed by atoms with E-state index in [2.05, 4.69) is 34.1 Å². The molecule has 0 N–H and O–H groups in total. The molecule has 150 valence electrons. The number of benzene rings is 1. The molecular weight excluding hydrogens is 340 g/mol. The molecule has 5 nitrogen and oxygen atoms in total. The van der Waals surface area contributed by atoms with Gasteiger partial charge in [0.1, 0.15) is 12.4 Å². The van der Waals surface area contributed by atoms with Crippen LogP contribution in [0.25, 0.3) is 0 Å². The van der Waals surface area contributed by atoms with Gasteiger partial charge in [-0.05, 0) is 42.4 Å². The highest BCUT2D eigenvalue weighted by molar-refractivity contribution is 5.27. The molecule has 2 heterocycles. The predicted molar refractivity (Wildman–Crippen MR) is 106 cm³/mol. The van der Waals surface area contributed by atoms with Crippen molar-refractivity contribution in [3.05, 3.63) is 29.8 Å². The molecule has 1 aromatic carbocycles. The number of piperidine rings is 1. The lowest BCUT2D eigenvalue weighted by molar-refractivity contribution is -0.0623. The molecule has 1 aromatic rings. The molecule has 0 aromatic heterocycles. The summed E-state index contributed by atoms with van der Waals surface area (Å²) in [6, 6.07) is 9.40. The summed E-state index contributed by atoms with van der Waals surface area (Å²) in [5.74, 6) is 2.58. The number of rotatable bonds is 7. The Morgan fingerprint density at radius 1 is 1.00 bits per heavy atom. The molecule has 3 aliphatic rings. The number of morpholine rings is 1. The average molecular weight is 375 g/mol. The number of likely N-dealkylation sites (tertiary alicyclic amines) is 1. The number of ether oxygens (including phenoxy) is 3. The molecular formula is C22H34N2O3. The molecule has 0 spiro atoms. The van der Waals surface area contributed by atoms with E-state index in [1.807, 2.05) is 0 Å². The molecule has 0 amide bonds. The van der Waals surface area contributed by atoms with Crippen LogP contribution in [0.5, 0.6) is 5.75 Å². The van der Waals surface area contributed by atoms with Crippen LogP contribution in [0, 0.1) is 11.8 Å². The molecule has 2 aliphatic heterocycles. The number of fused-ring (bicyclic) bond motifs is 2. The zero-order valence-electron chi connectivity index (χ0n) is 16.6. The molecule has 27 heavy (non-hydrogen) atoms. The summed E-state index contributed by atoms with van der Waals surface area (Å²) in [4.78, 5) is 5.42. The summed E-state index contributed by atoms with van der Waals surface area (Å²) < 4.78 is 16.3. The van der Waals surface area contributed by atoms with E-state index in [-0.39, 0.29) is 0 Å². The van der Waals surface area contributed by atoms with Crippen LogP contribution in [0.3, 0.4) is 0 Å². The van der Waals surface area contributed by atoms with Gasteiger partial charge in [0.25, 0.3) is 0 Å². The Labute approximate surface area is 163 Å². The van der Waals surface area contributed by atoms with Gasteiger partial charge in [0.15, 0.2) is 0 Å². The SMILES string of the molecule is COCCOc1ccc(CN2CC3CCCC(C2)C3N2CCOCC2)cc1. The summed E-state index contributed by atoms with van der Waals surface area (Å²) >= 11 is 0. The smallest absolute Gasteiger partial charge is 0.119 e. The number of hydrogen-bond acceptors (Lipinski definition) is 5. The van der Waals surface area contributed by atoms with Crippen LogP contribution in [0.2, 0.25) is 0 Å². The molecule has 4 rings (SSSR count). The van der Waals surface area contributed by atoms with Crippen molar-refractivity contribution >= 4 is 0 Å². The third-order valence-electron chi connectivity index (χ3n) is 6.45. The van der Waals surface area contributed by atoms with E-state index in [0.29, 0.717) is 13.2 Å². The first kappa shape index (κ1) is 19.2. The molecule has 5 heteroatoms. The molecule has 2 bridgehead atoms. The standard InChI is InChI=1S/C22H34N2O3/c1-25-13-14-27-21-7-5-18(6-8-21)15-23-16-19-3-2-4-20(17-23)22(19)24-9-11-26-12-10-24/h5-8,19-20,22H,2-4,9-17H2,1H3. The van der Waals surface area contributed by atoms with Crippen molar-refractivity contribution in [3.8, 4) is 5.75 Å². The summed E-state index contributed by atoms with van der Waals surface area (Å²) in [5.41, 5.74) is 1.39. The van der Waals surface area contributed by atoms with E-state index < -0.39 is 0 Å². The highest BCUT2D eigenvalue weighted by atomic mass is 16.5. The van der Waals surface area contributed by atoms with Crippen molar-refractivity contribution in [2.45, 2.75) is 31.8 Å². The minimum atomic E-state index is 0.605. The van der Waals surface area contributed by atoms with Crippen molar-refractivity contribution in [3.63, 3.8) is 0 Å². The van der Waals surface area contributed by atoms with Gasteiger partial charge in [0, 0.05) is 45.9 Å². The zero-order chi connectivity index (χ0) is 18.5. The maximum Gasteiger partial charge on any atom is 0.119 e. The lowest BCUT2D eigenvalue weighted by atomic mass is 9.72. The molecule has 2 atom stereocenters. The van der Waals surface area contributed by atoms with Crippen molar-refractivity contribution in [1.29, 1.82) is 0 Å². The van der Waals surface area contributed by atoms with E-state index in [9.17, 15) is 0 Å². The topological polar surface area (TPSA) is 34.2 Å². The summed E-state index contributed by atoms with van der Waals surface area (Å²) in [6.07, 6.45) is 4.19. The van der Waals surface area contributed by atoms with Crippen LogP contribution in [-0.2, 0) is 16.0 Å². The zero-order valence-corrected chi connectivity index (χ0v) is 16.6. The minimum absolute atomic E-state index is 0.605. The monoisotopic (exact) mass is 374 g/mol. The summed E-state index contributed by atoms with van der Waals surface area (Å²) in [5, 5.41) is 0. The summed E-state index contributed by atoms with van der Waals surface area (Å²) in [7, 11) is 1.70. The second-order valence-electron chi connectivity index (χ2n) is 8.27. The number of nitrogens with zero attached hydrogens (tertiary/aromatic N) is 2. The van der Waals surface area contributed by atoms with Gasteiger partial charge in [-0.2, -0.15) is 0 Å². The lowest BCUT2D eigenvalue weighted by Gasteiger charge is -2.52. The largest absolute Gasteiger partial charge is 0.491 e. The van der Waals surface area contributed by atoms with Gasteiger partial charge in [0.05, 0.1) is 19.8 Å². The fourth-order valence-electron chi connectivity index (χ4n) is 5.30. The van der Waals surface area contributed by atoms with Crippen LogP contribution in [-0.4, -0.2) is 75.6 Å². The van der Waals surface area contributed by atoms with Crippen LogP contribution in [0.1, 0.15) is 24.8 Å². The Morgan fingerprint density at radius 2 is 1.70 bits per heavy atom. The quantitative estimate of drug-likeness (QED) is 0.686. The third-order valence-corrected chi connectivity index (χ3v) is 6.45. The molecule has 2 unspecified atom stereocenters. The predicted octanol–water partition coefficient (Wildman–Crippen LogP) is 2.64. The van der Waals surface area contributed by atoms with Crippen molar-refractivity contribution < 1.29 is 14.2 Å². The first-order chi connectivity index (χ1) is 13.3. The Hall–Kier alpha value is -1.14. The van der Waals surface area contributed by atoms with Gasteiger partial charge >= 0.3 is 0 Å². The minimum Gasteiger partial charge on any atom is -0.491 e. The van der Waals surface area contributed by atoms with Crippen LogP contribution >= 0.6 is 0 Å². The number of hydrogen-bond donors (Lipinski definition) is 0. The van der Waals surface area contributed by atoms with E-state index in [1.165, 1.54) is 37.9 Å². The fraction of sp³-hybridized carbons (Fsp3) is 0.727. The summed E-state index contributed by atoms with van der Waals surface area (Å²) in [6.45, 7) is 8.86. The maximum absolute atomic E-state index is 5.68. The molecule has 0 radical (unpaired) electrons. The van der Waals surface area contributed by atoms with Gasteiger partial charge in [0.2, 0.25) is 0 Å². The van der Waals surface area contributed by atoms with E-state index in [1.54, 1.807) is 7.11 Å². The lowest BCUT2D eigenvalue weighted by Crippen LogP contribution is -2.59. The van der Waals surface area contributed by atoms with E-state index in [0.717, 1.165) is 56.5 Å². The highest BCUT2D eigenvalue weighted by Gasteiger charge is 2.42. The first-order valence-corrected chi connectivity index (χ1v) is 10.6. The average Bonchev–Trinajstić information content (AvgIpc) is 2.69. The Balaban J connectivity index is 1.33. The van der Waals surface area contributed by atoms with Gasteiger partial charge in [-0.3, -0.25) is 9.80 Å². The van der Waals surface area contributed by atoms with Crippen LogP contribution in [0.15, 0.2) is 24.3 Å². The Morgan fingerprint density at radius 3 is 2.37 bits per heavy atom. The van der Waals surface area contributed by atoms with E-state index >= 15 is 0 Å². The van der Waals surface area contributed by atoms with E-state index in [4.69, 9.17) is 14.2 Å². The van der Waals surface area contributed by atoms with Crippen molar-refractivity contribution in [2.24, 2.45) is 11.8 Å². The normalized spacial score (nSPS) is 29.6. The molecule has 3 fully saturated rings. The van der Waals surface area contributed by atoms with Crippen molar-refractivity contribution in [2.75, 3.05) is 59.7 Å².